The molecule has 1 N–H and O–H groups in total. The predicted molar refractivity (Wildman–Crippen MR) is 79.9 cm³/mol. The molecule has 108 valence electrons. The number of aromatic nitrogens is 2. The first kappa shape index (κ1) is 15.3. The van der Waals surface area contributed by atoms with Gasteiger partial charge in [-0.3, -0.25) is 4.68 Å². The average molecular weight is 316 g/mol. The van der Waals surface area contributed by atoms with E-state index in [0.29, 0.717) is 15.6 Å². The Morgan fingerprint density at radius 1 is 1.30 bits per heavy atom. The van der Waals surface area contributed by atoms with Gasteiger partial charge in [0.1, 0.15) is 5.82 Å². The van der Waals surface area contributed by atoms with E-state index in [-0.39, 0.29) is 17.9 Å². The summed E-state index contributed by atoms with van der Waals surface area (Å²) in [4.78, 5) is 0. The zero-order valence-electron chi connectivity index (χ0n) is 11.5. The van der Waals surface area contributed by atoms with Crippen molar-refractivity contribution in [3.63, 3.8) is 0 Å². The van der Waals surface area contributed by atoms with Crippen molar-refractivity contribution in [3.05, 3.63) is 51.5 Å². The van der Waals surface area contributed by atoms with Gasteiger partial charge < -0.3 is 5.32 Å². The third-order valence-corrected chi connectivity index (χ3v) is 3.64. The van der Waals surface area contributed by atoms with Gasteiger partial charge in [-0.05, 0) is 33.0 Å². The maximum absolute atomic E-state index is 14.1. The summed E-state index contributed by atoms with van der Waals surface area (Å²) in [6.07, 6.45) is 1.58. The van der Waals surface area contributed by atoms with Crippen LogP contribution < -0.4 is 5.32 Å². The zero-order valence-corrected chi connectivity index (χ0v) is 13.0. The van der Waals surface area contributed by atoms with Gasteiger partial charge in [0.15, 0.2) is 0 Å². The van der Waals surface area contributed by atoms with Crippen LogP contribution in [0.25, 0.3) is 0 Å². The highest BCUT2D eigenvalue weighted by molar-refractivity contribution is 6.31. The maximum atomic E-state index is 14.1. The second-order valence-electron chi connectivity index (χ2n) is 4.80. The molecule has 2 rings (SSSR count). The number of hydrogen-bond acceptors (Lipinski definition) is 2. The van der Waals surface area contributed by atoms with E-state index in [1.807, 2.05) is 13.8 Å². The quantitative estimate of drug-likeness (QED) is 0.915. The van der Waals surface area contributed by atoms with Crippen molar-refractivity contribution in [1.82, 2.24) is 15.1 Å². The minimum absolute atomic E-state index is 0.128. The van der Waals surface area contributed by atoms with E-state index in [1.165, 1.54) is 6.07 Å². The minimum atomic E-state index is -0.385. The molecule has 0 radical (unpaired) electrons. The van der Waals surface area contributed by atoms with Gasteiger partial charge in [0, 0.05) is 16.6 Å². The summed E-state index contributed by atoms with van der Waals surface area (Å²) in [7, 11) is 1.76. The van der Waals surface area contributed by atoms with Crippen molar-refractivity contribution in [2.45, 2.75) is 25.9 Å². The highest BCUT2D eigenvalue weighted by atomic mass is 35.5. The molecule has 0 saturated heterocycles. The van der Waals surface area contributed by atoms with Crippen LogP contribution in [-0.4, -0.2) is 16.8 Å². The molecule has 2 aromatic rings. The normalized spacial score (nSPS) is 12.9. The zero-order chi connectivity index (χ0) is 14.9. The Labute approximate surface area is 127 Å². The lowest BCUT2D eigenvalue weighted by Gasteiger charge is -2.21. The topological polar surface area (TPSA) is 29.9 Å². The fourth-order valence-electron chi connectivity index (χ4n) is 2.21. The van der Waals surface area contributed by atoms with E-state index in [1.54, 1.807) is 30.1 Å². The molecule has 0 amide bonds. The van der Waals surface area contributed by atoms with Gasteiger partial charge in [0.25, 0.3) is 0 Å². The van der Waals surface area contributed by atoms with E-state index in [4.69, 9.17) is 23.2 Å². The predicted octanol–water partition coefficient (Wildman–Crippen LogP) is 4.22. The number of benzene rings is 1. The van der Waals surface area contributed by atoms with Crippen molar-refractivity contribution in [1.29, 1.82) is 0 Å². The van der Waals surface area contributed by atoms with Crippen LogP contribution in [0.1, 0.15) is 37.2 Å². The third-order valence-electron chi connectivity index (χ3n) is 3.11. The van der Waals surface area contributed by atoms with Gasteiger partial charge in [-0.25, -0.2) is 4.39 Å². The Morgan fingerprint density at radius 2 is 2.00 bits per heavy atom. The van der Waals surface area contributed by atoms with Gasteiger partial charge in [0.2, 0.25) is 0 Å². The fraction of sp³-hybridized carbons (Fsp3) is 0.357. The van der Waals surface area contributed by atoms with Crippen molar-refractivity contribution < 1.29 is 4.39 Å². The largest absolute Gasteiger partial charge is 0.308 e. The molecule has 20 heavy (non-hydrogen) atoms. The fourth-order valence-corrected chi connectivity index (χ4v) is 2.61. The van der Waals surface area contributed by atoms with Crippen LogP contribution in [0, 0.1) is 5.82 Å². The molecule has 1 heterocycles. The van der Waals surface area contributed by atoms with Gasteiger partial charge in [-0.15, -0.1) is 0 Å². The van der Waals surface area contributed by atoms with E-state index in [0.717, 1.165) is 5.69 Å². The molecule has 6 heteroatoms. The van der Waals surface area contributed by atoms with E-state index >= 15 is 0 Å². The molecule has 3 nitrogen and oxygen atoms in total. The second kappa shape index (κ2) is 6.12. The summed E-state index contributed by atoms with van der Waals surface area (Å²) in [6.45, 7) is 4.00. The third kappa shape index (κ3) is 2.82. The number of rotatable bonds is 4. The molecule has 0 bridgehead atoms. The highest BCUT2D eigenvalue weighted by Gasteiger charge is 2.24. The molecular weight excluding hydrogens is 300 g/mol. The van der Waals surface area contributed by atoms with Crippen molar-refractivity contribution in [2.24, 2.45) is 0 Å². The minimum Gasteiger partial charge on any atom is -0.308 e. The molecule has 0 aliphatic rings. The Morgan fingerprint density at radius 3 is 2.55 bits per heavy atom. The Bertz CT molecular complexity index is 610. The molecule has 1 atom stereocenters. The van der Waals surface area contributed by atoms with Crippen LogP contribution in [0.15, 0.2) is 24.4 Å². The molecule has 0 aliphatic carbocycles. The van der Waals surface area contributed by atoms with Gasteiger partial charge in [-0.1, -0.05) is 29.3 Å². The molecule has 1 aromatic heterocycles. The number of nitrogens with one attached hydrogen (secondary N) is 1. The molecule has 0 fully saturated rings. The Kier molecular flexibility index (Phi) is 4.68. The van der Waals surface area contributed by atoms with Gasteiger partial charge >= 0.3 is 0 Å². The first-order valence-corrected chi connectivity index (χ1v) is 7.06. The Balaban J connectivity index is 2.55. The number of nitrogens with zero attached hydrogens (tertiary/aromatic N) is 2. The van der Waals surface area contributed by atoms with E-state index < -0.39 is 0 Å². The summed E-state index contributed by atoms with van der Waals surface area (Å²) in [5, 5.41) is 8.21. The Hall–Kier alpha value is -1.10. The smallest absolute Gasteiger partial charge is 0.129 e. The van der Waals surface area contributed by atoms with Crippen LogP contribution in [0.3, 0.4) is 0 Å². The standard InChI is InChI=1S/C14H16Cl2FN3/c1-8(2)20-14(11(16)7-19-20)13(18-3)10-5-4-9(15)6-12(10)17/h4-8,13,18H,1-3H3. The van der Waals surface area contributed by atoms with Crippen molar-refractivity contribution in [2.75, 3.05) is 7.05 Å². The van der Waals surface area contributed by atoms with Crippen LogP contribution >= 0.6 is 23.2 Å². The van der Waals surface area contributed by atoms with E-state index in [2.05, 4.69) is 10.4 Å². The first-order chi connectivity index (χ1) is 9.45. The second-order valence-corrected chi connectivity index (χ2v) is 5.65. The van der Waals surface area contributed by atoms with Crippen LogP contribution in [-0.2, 0) is 0 Å². The van der Waals surface area contributed by atoms with Crippen LogP contribution in [0.2, 0.25) is 10.0 Å². The first-order valence-electron chi connectivity index (χ1n) is 6.30. The number of halogens is 3. The summed E-state index contributed by atoms with van der Waals surface area (Å²) < 4.78 is 15.9. The molecule has 0 spiro atoms. The highest BCUT2D eigenvalue weighted by Crippen LogP contribution is 2.32. The van der Waals surface area contributed by atoms with Crippen molar-refractivity contribution in [3.8, 4) is 0 Å². The SMILES string of the molecule is CNC(c1ccc(Cl)cc1F)c1c(Cl)cnn1C(C)C. The molecule has 1 unspecified atom stereocenters. The lowest BCUT2D eigenvalue weighted by atomic mass is 10.0. The lowest BCUT2D eigenvalue weighted by Crippen LogP contribution is -2.23. The summed E-state index contributed by atoms with van der Waals surface area (Å²) in [6, 6.07) is 4.36. The number of hydrogen-bond donors (Lipinski definition) is 1. The molecule has 0 saturated carbocycles. The lowest BCUT2D eigenvalue weighted by molar-refractivity contribution is 0.476. The summed E-state index contributed by atoms with van der Waals surface area (Å²) in [5.41, 5.74) is 1.23. The monoisotopic (exact) mass is 315 g/mol. The summed E-state index contributed by atoms with van der Waals surface area (Å²) in [5.74, 6) is -0.371. The maximum Gasteiger partial charge on any atom is 0.129 e. The van der Waals surface area contributed by atoms with Gasteiger partial charge in [-0.2, -0.15) is 5.10 Å². The van der Waals surface area contributed by atoms with Gasteiger partial charge in [0.05, 0.1) is 23.0 Å². The van der Waals surface area contributed by atoms with Crippen molar-refractivity contribution >= 4 is 23.2 Å². The molecule has 1 aromatic carbocycles. The molecule has 0 aliphatic heterocycles. The summed E-state index contributed by atoms with van der Waals surface area (Å²) >= 11 is 12.0. The average Bonchev–Trinajstić information content (AvgIpc) is 2.75. The van der Waals surface area contributed by atoms with Crippen LogP contribution in [0.5, 0.6) is 0 Å². The molecular formula is C14H16Cl2FN3. The van der Waals surface area contributed by atoms with E-state index in [9.17, 15) is 4.39 Å². The van der Waals surface area contributed by atoms with Crippen LogP contribution in [0.4, 0.5) is 4.39 Å².